The molecule has 4 rings (SSSR count). The Hall–Kier alpha value is -1.59. The largest absolute Gasteiger partial charge is 0.325 e. The SMILES string of the molecule is O=C1CSC(c2cnccc2-c2ccc(Br)cc2)N1CCC1=CCCCC1. The van der Waals surface area contributed by atoms with Crippen LogP contribution in [0.3, 0.4) is 0 Å². The number of rotatable bonds is 5. The first-order valence-electron chi connectivity index (χ1n) is 9.51. The highest BCUT2D eigenvalue weighted by atomic mass is 79.9. The molecule has 5 heteroatoms. The zero-order chi connectivity index (χ0) is 18.6. The zero-order valence-electron chi connectivity index (χ0n) is 15.2. The second kappa shape index (κ2) is 8.61. The summed E-state index contributed by atoms with van der Waals surface area (Å²) in [7, 11) is 0. The second-order valence-corrected chi connectivity index (χ2v) is 9.06. The van der Waals surface area contributed by atoms with Crippen molar-refractivity contribution in [1.82, 2.24) is 9.88 Å². The summed E-state index contributed by atoms with van der Waals surface area (Å²) >= 11 is 5.22. The van der Waals surface area contributed by atoms with Gasteiger partial charge in [-0.2, -0.15) is 0 Å². The fourth-order valence-corrected chi connectivity index (χ4v) is 5.35. The standard InChI is InChI=1S/C22H23BrN2OS/c23-18-8-6-17(7-9-18)19-10-12-24-14-20(19)22-25(21(26)15-27-22)13-11-16-4-2-1-3-5-16/h4,6-10,12,14,22H,1-3,5,11,13,15H2. The minimum atomic E-state index is 0.0500. The van der Waals surface area contributed by atoms with E-state index >= 15 is 0 Å². The Morgan fingerprint density at radius 3 is 2.81 bits per heavy atom. The number of benzene rings is 1. The van der Waals surface area contributed by atoms with Crippen molar-refractivity contribution in [1.29, 1.82) is 0 Å². The summed E-state index contributed by atoms with van der Waals surface area (Å²) in [4.78, 5) is 19.0. The van der Waals surface area contributed by atoms with Crippen molar-refractivity contribution < 1.29 is 4.79 Å². The van der Waals surface area contributed by atoms with Crippen molar-refractivity contribution in [3.63, 3.8) is 0 Å². The van der Waals surface area contributed by atoms with Crippen LogP contribution in [0, 0.1) is 0 Å². The Labute approximate surface area is 173 Å². The Morgan fingerprint density at radius 1 is 1.19 bits per heavy atom. The van der Waals surface area contributed by atoms with Gasteiger partial charge in [0.05, 0.1) is 5.75 Å². The van der Waals surface area contributed by atoms with Crippen molar-refractivity contribution in [3.05, 3.63) is 64.4 Å². The molecule has 2 aliphatic rings. The van der Waals surface area contributed by atoms with Gasteiger partial charge in [-0.1, -0.05) is 39.7 Å². The van der Waals surface area contributed by atoms with Gasteiger partial charge >= 0.3 is 0 Å². The average Bonchev–Trinajstić information content (AvgIpc) is 3.08. The number of halogens is 1. The van der Waals surface area contributed by atoms with E-state index in [1.165, 1.54) is 31.3 Å². The minimum absolute atomic E-state index is 0.0500. The van der Waals surface area contributed by atoms with E-state index in [9.17, 15) is 4.79 Å². The Kier molecular flexibility index (Phi) is 5.98. The summed E-state index contributed by atoms with van der Waals surface area (Å²) in [5.41, 5.74) is 4.97. The topological polar surface area (TPSA) is 33.2 Å². The predicted molar refractivity (Wildman–Crippen MR) is 115 cm³/mol. The molecule has 1 aromatic carbocycles. The number of aromatic nitrogens is 1. The van der Waals surface area contributed by atoms with E-state index in [4.69, 9.17) is 0 Å². The first-order valence-corrected chi connectivity index (χ1v) is 11.4. The van der Waals surface area contributed by atoms with Crippen LogP contribution in [0.25, 0.3) is 11.1 Å². The summed E-state index contributed by atoms with van der Waals surface area (Å²) in [5, 5.41) is 0.0500. The maximum Gasteiger partial charge on any atom is 0.233 e. The molecule has 0 saturated carbocycles. The highest BCUT2D eigenvalue weighted by Crippen LogP contribution is 2.42. The van der Waals surface area contributed by atoms with E-state index in [-0.39, 0.29) is 11.3 Å². The van der Waals surface area contributed by atoms with Crippen LogP contribution in [-0.2, 0) is 4.79 Å². The number of amides is 1. The molecule has 0 radical (unpaired) electrons. The van der Waals surface area contributed by atoms with Crippen LogP contribution in [0.15, 0.2) is 58.8 Å². The minimum Gasteiger partial charge on any atom is -0.325 e. The third-order valence-electron chi connectivity index (χ3n) is 5.30. The molecule has 1 aliphatic carbocycles. The number of thioether (sulfide) groups is 1. The quantitative estimate of drug-likeness (QED) is 0.534. The number of hydrogen-bond donors (Lipinski definition) is 0. The van der Waals surface area contributed by atoms with Crippen molar-refractivity contribution in [2.75, 3.05) is 12.3 Å². The summed E-state index contributed by atoms with van der Waals surface area (Å²) in [5.74, 6) is 0.797. The molecule has 2 aromatic rings. The van der Waals surface area contributed by atoms with Gasteiger partial charge in [0.25, 0.3) is 0 Å². The zero-order valence-corrected chi connectivity index (χ0v) is 17.6. The molecule has 1 amide bonds. The van der Waals surface area contributed by atoms with Gasteiger partial charge in [0, 0.05) is 29.0 Å². The molecule has 1 unspecified atom stereocenters. The van der Waals surface area contributed by atoms with Crippen molar-refractivity contribution in [2.24, 2.45) is 0 Å². The molecule has 1 aromatic heterocycles. The van der Waals surface area contributed by atoms with E-state index in [0.29, 0.717) is 5.75 Å². The molecule has 0 N–H and O–H groups in total. The van der Waals surface area contributed by atoms with Gasteiger partial charge in [-0.25, -0.2) is 0 Å². The summed E-state index contributed by atoms with van der Waals surface area (Å²) in [6.07, 6.45) is 12.1. The Balaban J connectivity index is 1.59. The lowest BCUT2D eigenvalue weighted by Crippen LogP contribution is -2.30. The van der Waals surface area contributed by atoms with Crippen LogP contribution in [0.1, 0.15) is 43.0 Å². The maximum atomic E-state index is 12.6. The van der Waals surface area contributed by atoms with Crippen molar-refractivity contribution in [3.8, 4) is 11.1 Å². The second-order valence-electron chi connectivity index (χ2n) is 7.08. The number of allylic oxidation sites excluding steroid dienone is 1. The first kappa shape index (κ1) is 18.8. The summed E-state index contributed by atoms with van der Waals surface area (Å²) in [6, 6.07) is 10.4. The van der Waals surface area contributed by atoms with E-state index in [2.05, 4.69) is 62.2 Å². The Morgan fingerprint density at radius 2 is 2.04 bits per heavy atom. The molecular formula is C22H23BrN2OS. The monoisotopic (exact) mass is 442 g/mol. The maximum absolute atomic E-state index is 12.6. The molecule has 1 aliphatic heterocycles. The highest BCUT2D eigenvalue weighted by molar-refractivity contribution is 9.10. The van der Waals surface area contributed by atoms with Gasteiger partial charge < -0.3 is 4.90 Å². The first-order chi connectivity index (χ1) is 13.2. The predicted octanol–water partition coefficient (Wildman–Crippen LogP) is 5.98. The molecule has 3 nitrogen and oxygen atoms in total. The van der Waals surface area contributed by atoms with Crippen LogP contribution in [-0.4, -0.2) is 28.1 Å². The summed E-state index contributed by atoms with van der Waals surface area (Å²) < 4.78 is 1.06. The molecular weight excluding hydrogens is 420 g/mol. The van der Waals surface area contributed by atoms with E-state index in [1.807, 2.05) is 12.4 Å². The molecule has 27 heavy (non-hydrogen) atoms. The van der Waals surface area contributed by atoms with Crippen LogP contribution in [0.5, 0.6) is 0 Å². The molecule has 2 heterocycles. The lowest BCUT2D eigenvalue weighted by Gasteiger charge is -2.26. The number of pyridine rings is 1. The number of carbonyl (C=O) groups is 1. The molecule has 0 spiro atoms. The van der Waals surface area contributed by atoms with Crippen LogP contribution in [0.4, 0.5) is 0 Å². The lowest BCUT2D eigenvalue weighted by molar-refractivity contribution is -0.128. The molecule has 140 valence electrons. The van der Waals surface area contributed by atoms with E-state index in [0.717, 1.165) is 34.1 Å². The average molecular weight is 443 g/mol. The van der Waals surface area contributed by atoms with Gasteiger partial charge in [-0.15, -0.1) is 11.8 Å². The van der Waals surface area contributed by atoms with Gasteiger partial charge in [-0.05, 0) is 61.4 Å². The van der Waals surface area contributed by atoms with Crippen LogP contribution in [0.2, 0.25) is 0 Å². The van der Waals surface area contributed by atoms with Gasteiger partial charge in [0.1, 0.15) is 5.37 Å². The number of hydrogen-bond acceptors (Lipinski definition) is 3. The van der Waals surface area contributed by atoms with Crippen molar-refractivity contribution in [2.45, 2.75) is 37.5 Å². The third-order valence-corrected chi connectivity index (χ3v) is 7.07. The fourth-order valence-electron chi connectivity index (χ4n) is 3.85. The third kappa shape index (κ3) is 4.30. The molecule has 1 fully saturated rings. The molecule has 0 bridgehead atoms. The van der Waals surface area contributed by atoms with Crippen LogP contribution >= 0.6 is 27.7 Å². The van der Waals surface area contributed by atoms with Gasteiger partial charge in [0.15, 0.2) is 0 Å². The normalized spacial score (nSPS) is 20.0. The van der Waals surface area contributed by atoms with E-state index < -0.39 is 0 Å². The van der Waals surface area contributed by atoms with Gasteiger partial charge in [-0.3, -0.25) is 9.78 Å². The van der Waals surface area contributed by atoms with E-state index in [1.54, 1.807) is 11.8 Å². The number of carbonyl (C=O) groups excluding carboxylic acids is 1. The molecule has 1 atom stereocenters. The number of nitrogens with zero attached hydrogens (tertiary/aromatic N) is 2. The Bertz CT molecular complexity index is 850. The summed E-state index contributed by atoms with van der Waals surface area (Å²) in [6.45, 7) is 0.803. The lowest BCUT2D eigenvalue weighted by atomic mass is 9.97. The smallest absolute Gasteiger partial charge is 0.233 e. The van der Waals surface area contributed by atoms with Crippen LogP contribution < -0.4 is 0 Å². The fraction of sp³-hybridized carbons (Fsp3) is 0.364. The van der Waals surface area contributed by atoms with Gasteiger partial charge in [0.2, 0.25) is 5.91 Å². The van der Waals surface area contributed by atoms with Crippen molar-refractivity contribution >= 4 is 33.6 Å². The molecule has 1 saturated heterocycles. The highest BCUT2D eigenvalue weighted by Gasteiger charge is 2.34.